The minimum atomic E-state index is -1.24. The lowest BCUT2D eigenvalue weighted by Crippen LogP contribution is -2.23. The van der Waals surface area contributed by atoms with Gasteiger partial charge in [0.1, 0.15) is 5.82 Å². The predicted octanol–water partition coefficient (Wildman–Crippen LogP) is 3.27. The summed E-state index contributed by atoms with van der Waals surface area (Å²) < 4.78 is 48.3. The maximum Gasteiger partial charge on any atom is 0.315 e. The Bertz CT molecular complexity index is 986. The Labute approximate surface area is 170 Å². The summed E-state index contributed by atoms with van der Waals surface area (Å²) in [6, 6.07) is 6.23. The number of aliphatic hydroxyl groups excluding tert-OH is 2. The topological polar surface area (TPSA) is 103 Å². The van der Waals surface area contributed by atoms with Crippen molar-refractivity contribution >= 4 is 40.0 Å². The van der Waals surface area contributed by atoms with Crippen LogP contribution in [0, 0.1) is 21.0 Å². The molecule has 0 saturated carbocycles. The van der Waals surface area contributed by atoms with Gasteiger partial charge in [-0.3, -0.25) is 0 Å². The number of aliphatic hydroxyl groups is 2. The molecule has 148 valence electrons. The van der Waals surface area contributed by atoms with Gasteiger partial charge in [0.25, 0.3) is 5.89 Å². The SMILES string of the molecule is OC[C@H](O)CNc1nnc(-c2ccc(F)c(F)c2Nc2ccc(I)cc2F)o1. The van der Waals surface area contributed by atoms with Crippen LogP contribution in [0.4, 0.5) is 30.6 Å². The van der Waals surface area contributed by atoms with E-state index < -0.39 is 30.2 Å². The number of rotatable bonds is 7. The number of nitrogens with zero attached hydrogens (tertiary/aromatic N) is 2. The maximum atomic E-state index is 14.4. The minimum Gasteiger partial charge on any atom is -0.403 e. The van der Waals surface area contributed by atoms with Crippen molar-refractivity contribution in [3.8, 4) is 11.5 Å². The van der Waals surface area contributed by atoms with E-state index in [9.17, 15) is 18.3 Å². The van der Waals surface area contributed by atoms with Gasteiger partial charge in [0.2, 0.25) is 0 Å². The zero-order valence-corrected chi connectivity index (χ0v) is 16.2. The summed E-state index contributed by atoms with van der Waals surface area (Å²) in [5, 5.41) is 30.7. The summed E-state index contributed by atoms with van der Waals surface area (Å²) in [7, 11) is 0. The quantitative estimate of drug-likeness (QED) is 0.365. The molecule has 11 heteroatoms. The third kappa shape index (κ3) is 4.54. The highest BCUT2D eigenvalue weighted by Gasteiger charge is 2.20. The molecule has 0 saturated heterocycles. The van der Waals surface area contributed by atoms with E-state index in [0.29, 0.717) is 3.57 Å². The van der Waals surface area contributed by atoms with Crippen molar-refractivity contribution in [3.63, 3.8) is 0 Å². The largest absolute Gasteiger partial charge is 0.403 e. The molecule has 0 spiro atoms. The summed E-state index contributed by atoms with van der Waals surface area (Å²) in [6.45, 7) is -0.526. The lowest BCUT2D eigenvalue weighted by atomic mass is 10.1. The van der Waals surface area contributed by atoms with Crippen LogP contribution in [0.15, 0.2) is 34.7 Å². The van der Waals surface area contributed by atoms with E-state index in [0.717, 1.165) is 6.07 Å². The fourth-order valence-corrected chi connectivity index (χ4v) is 2.70. The van der Waals surface area contributed by atoms with Gasteiger partial charge in [-0.25, -0.2) is 13.2 Å². The number of hydrogen-bond donors (Lipinski definition) is 4. The molecule has 0 radical (unpaired) electrons. The van der Waals surface area contributed by atoms with Crippen LogP contribution in [0.25, 0.3) is 11.5 Å². The van der Waals surface area contributed by atoms with E-state index in [1.165, 1.54) is 18.2 Å². The number of halogens is 4. The molecule has 0 aliphatic carbocycles. The third-order valence-electron chi connectivity index (χ3n) is 3.64. The van der Waals surface area contributed by atoms with E-state index >= 15 is 0 Å². The van der Waals surface area contributed by atoms with E-state index in [1.54, 1.807) is 6.07 Å². The second kappa shape index (κ2) is 8.75. The molecular weight excluding hydrogens is 492 g/mol. The fraction of sp³-hybridized carbons (Fsp3) is 0.176. The molecule has 0 aliphatic rings. The number of nitrogens with one attached hydrogen (secondary N) is 2. The van der Waals surface area contributed by atoms with Gasteiger partial charge in [0, 0.05) is 10.1 Å². The zero-order chi connectivity index (χ0) is 20.3. The Balaban J connectivity index is 1.94. The minimum absolute atomic E-state index is 0.0140. The monoisotopic (exact) mass is 506 g/mol. The van der Waals surface area contributed by atoms with Crippen molar-refractivity contribution in [2.75, 3.05) is 23.8 Å². The van der Waals surface area contributed by atoms with Gasteiger partial charge in [-0.2, -0.15) is 0 Å². The van der Waals surface area contributed by atoms with Crippen molar-refractivity contribution in [1.29, 1.82) is 0 Å². The van der Waals surface area contributed by atoms with Gasteiger partial charge in [-0.1, -0.05) is 5.10 Å². The Kier molecular flexibility index (Phi) is 6.36. The van der Waals surface area contributed by atoms with E-state index in [4.69, 9.17) is 9.52 Å². The second-order valence-corrected chi connectivity index (χ2v) is 6.91. The van der Waals surface area contributed by atoms with Crippen LogP contribution in [-0.2, 0) is 0 Å². The molecule has 0 bridgehead atoms. The van der Waals surface area contributed by atoms with Gasteiger partial charge >= 0.3 is 6.01 Å². The van der Waals surface area contributed by atoms with E-state index in [1.807, 2.05) is 22.6 Å². The lowest BCUT2D eigenvalue weighted by molar-refractivity contribution is 0.105. The molecule has 2 aromatic carbocycles. The van der Waals surface area contributed by atoms with Crippen LogP contribution in [0.1, 0.15) is 0 Å². The van der Waals surface area contributed by atoms with Crippen molar-refractivity contribution in [2.24, 2.45) is 0 Å². The smallest absolute Gasteiger partial charge is 0.315 e. The number of anilines is 3. The van der Waals surface area contributed by atoms with Crippen LogP contribution in [0.2, 0.25) is 0 Å². The standard InChI is InChI=1S/C17H14F3IN4O3/c18-11-3-2-10(16-24-25-17(28-16)22-6-9(27)7-26)15(14(11)20)23-13-4-1-8(21)5-12(13)19/h1-5,9,23,26-27H,6-7H2,(H,22,25)/t9-/m1/s1. The van der Waals surface area contributed by atoms with E-state index in [2.05, 4.69) is 20.8 Å². The molecule has 1 aromatic heterocycles. The molecule has 3 aromatic rings. The number of aromatic nitrogens is 2. The Hall–Kier alpha value is -2.38. The second-order valence-electron chi connectivity index (χ2n) is 5.66. The maximum absolute atomic E-state index is 14.4. The molecule has 4 N–H and O–H groups in total. The van der Waals surface area contributed by atoms with Crippen LogP contribution in [0.3, 0.4) is 0 Å². The Morgan fingerprint density at radius 1 is 1.11 bits per heavy atom. The first-order valence-corrected chi connectivity index (χ1v) is 9.03. The summed E-state index contributed by atoms with van der Waals surface area (Å²) in [4.78, 5) is 0. The highest BCUT2D eigenvalue weighted by atomic mass is 127. The molecular formula is C17H14F3IN4O3. The van der Waals surface area contributed by atoms with Gasteiger partial charge in [0.15, 0.2) is 11.6 Å². The molecule has 0 unspecified atom stereocenters. The molecule has 1 atom stereocenters. The summed E-state index contributed by atoms with van der Waals surface area (Å²) in [5.74, 6) is -3.18. The van der Waals surface area contributed by atoms with Gasteiger partial charge < -0.3 is 25.3 Å². The van der Waals surface area contributed by atoms with Crippen molar-refractivity contribution in [2.45, 2.75) is 6.10 Å². The predicted molar refractivity (Wildman–Crippen MR) is 104 cm³/mol. The highest BCUT2D eigenvalue weighted by molar-refractivity contribution is 14.1. The molecule has 0 aliphatic heterocycles. The summed E-state index contributed by atoms with van der Waals surface area (Å²) in [6.07, 6.45) is -1.04. The molecule has 0 fully saturated rings. The normalized spacial score (nSPS) is 12.1. The van der Waals surface area contributed by atoms with Crippen molar-refractivity contribution in [1.82, 2.24) is 10.2 Å². The van der Waals surface area contributed by atoms with Gasteiger partial charge in [-0.05, 0) is 52.9 Å². The van der Waals surface area contributed by atoms with Gasteiger partial charge in [-0.15, -0.1) is 5.10 Å². The first-order chi connectivity index (χ1) is 13.4. The Morgan fingerprint density at radius 3 is 2.61 bits per heavy atom. The first-order valence-electron chi connectivity index (χ1n) is 7.95. The van der Waals surface area contributed by atoms with Gasteiger partial charge in [0.05, 0.1) is 29.6 Å². The Morgan fingerprint density at radius 2 is 1.89 bits per heavy atom. The molecule has 0 amide bonds. The molecule has 3 rings (SSSR count). The first kappa shape index (κ1) is 20.4. The molecule has 1 heterocycles. The molecule has 28 heavy (non-hydrogen) atoms. The highest BCUT2D eigenvalue weighted by Crippen LogP contribution is 2.34. The van der Waals surface area contributed by atoms with Crippen LogP contribution in [0.5, 0.6) is 0 Å². The molecule has 7 nitrogen and oxygen atoms in total. The van der Waals surface area contributed by atoms with E-state index in [-0.39, 0.29) is 35.4 Å². The average molecular weight is 506 g/mol. The lowest BCUT2D eigenvalue weighted by Gasteiger charge is -2.12. The third-order valence-corrected chi connectivity index (χ3v) is 4.31. The summed E-state index contributed by atoms with van der Waals surface area (Å²) in [5.41, 5.74) is -0.416. The zero-order valence-electron chi connectivity index (χ0n) is 14.1. The van der Waals surface area contributed by atoms with Crippen LogP contribution in [-0.4, -0.2) is 39.7 Å². The van der Waals surface area contributed by atoms with Crippen molar-refractivity contribution < 1.29 is 27.8 Å². The number of benzene rings is 2. The average Bonchev–Trinajstić information content (AvgIpc) is 3.14. The fourth-order valence-electron chi connectivity index (χ4n) is 2.25. The van der Waals surface area contributed by atoms with Crippen molar-refractivity contribution in [3.05, 3.63) is 51.4 Å². The summed E-state index contributed by atoms with van der Waals surface area (Å²) >= 11 is 1.92. The van der Waals surface area contributed by atoms with Crippen LogP contribution >= 0.6 is 22.6 Å². The number of hydrogen-bond acceptors (Lipinski definition) is 7. The van der Waals surface area contributed by atoms with Crippen LogP contribution < -0.4 is 10.6 Å².